The van der Waals surface area contributed by atoms with E-state index in [1.807, 2.05) is 0 Å². The van der Waals surface area contributed by atoms with Crippen LogP contribution in [0.1, 0.15) is 40.0 Å². The second kappa shape index (κ2) is 8.01. The molecule has 0 radical (unpaired) electrons. The fourth-order valence-corrected chi connectivity index (χ4v) is 1.47. The minimum atomic E-state index is -1.80. The molecule has 0 aromatic carbocycles. The van der Waals surface area contributed by atoms with E-state index in [-0.39, 0.29) is 13.0 Å². The molecule has 0 fully saturated rings. The predicted octanol–water partition coefficient (Wildman–Crippen LogP) is 0.884. The van der Waals surface area contributed by atoms with Crippen LogP contribution in [0.25, 0.3) is 0 Å². The number of hydrogen-bond acceptors (Lipinski definition) is 6. The van der Waals surface area contributed by atoms with Crippen molar-refractivity contribution in [3.63, 3.8) is 0 Å². The Morgan fingerprint density at radius 2 is 1.80 bits per heavy atom. The molecule has 0 unspecified atom stereocenters. The predicted molar refractivity (Wildman–Crippen MR) is 76.8 cm³/mol. The van der Waals surface area contributed by atoms with Crippen molar-refractivity contribution in [1.29, 1.82) is 0 Å². The molecular weight excluding hydrogens is 260 g/mol. The standard InChI is InChI=1S/C14H26N2O4/c1-5-10-19-11(17)14(16,8-6-7-9-15)12(18)20-13(2,3)4/h5H,1,6-10,15-16H2,2-4H3/t14-/m0/s1. The molecule has 1 atom stereocenters. The molecule has 0 rings (SSSR count). The first-order valence-corrected chi connectivity index (χ1v) is 6.68. The highest BCUT2D eigenvalue weighted by Crippen LogP contribution is 2.19. The molecule has 0 aliphatic rings. The third kappa shape index (κ3) is 6.16. The summed E-state index contributed by atoms with van der Waals surface area (Å²) in [7, 11) is 0. The van der Waals surface area contributed by atoms with Crippen LogP contribution in [0.4, 0.5) is 0 Å². The van der Waals surface area contributed by atoms with Crippen LogP contribution in [0.15, 0.2) is 12.7 Å². The Hall–Kier alpha value is -1.40. The van der Waals surface area contributed by atoms with Crippen molar-refractivity contribution in [2.24, 2.45) is 11.5 Å². The molecule has 0 heterocycles. The van der Waals surface area contributed by atoms with Crippen molar-refractivity contribution in [2.45, 2.75) is 51.2 Å². The largest absolute Gasteiger partial charge is 0.460 e. The fraction of sp³-hybridized carbons (Fsp3) is 0.714. The van der Waals surface area contributed by atoms with Gasteiger partial charge in [-0.1, -0.05) is 12.7 Å². The molecule has 0 aliphatic carbocycles. The fourth-order valence-electron chi connectivity index (χ4n) is 1.47. The first kappa shape index (κ1) is 18.6. The molecule has 0 amide bonds. The van der Waals surface area contributed by atoms with Crippen molar-refractivity contribution >= 4 is 11.9 Å². The molecule has 6 heteroatoms. The summed E-state index contributed by atoms with van der Waals surface area (Å²) in [6, 6.07) is 0. The highest BCUT2D eigenvalue weighted by molar-refractivity contribution is 6.04. The van der Waals surface area contributed by atoms with Gasteiger partial charge in [-0.05, 0) is 46.6 Å². The SMILES string of the molecule is C=CCOC(=O)[C@@](N)(CCCCN)C(=O)OC(C)(C)C. The number of carbonyl (C=O) groups excluding carboxylic acids is 2. The van der Waals surface area contributed by atoms with Crippen molar-refractivity contribution in [2.75, 3.05) is 13.2 Å². The maximum absolute atomic E-state index is 12.2. The van der Waals surface area contributed by atoms with Gasteiger partial charge in [-0.3, -0.25) is 0 Å². The minimum Gasteiger partial charge on any atom is -0.460 e. The second-order valence-electron chi connectivity index (χ2n) is 5.61. The maximum Gasteiger partial charge on any atom is 0.338 e. The van der Waals surface area contributed by atoms with Gasteiger partial charge in [0.15, 0.2) is 0 Å². The monoisotopic (exact) mass is 286 g/mol. The summed E-state index contributed by atoms with van der Waals surface area (Å²) in [6.07, 6.45) is 2.74. The lowest BCUT2D eigenvalue weighted by molar-refractivity contribution is -0.171. The van der Waals surface area contributed by atoms with Gasteiger partial charge in [-0.15, -0.1) is 0 Å². The molecule has 4 N–H and O–H groups in total. The minimum absolute atomic E-state index is 0.00251. The number of rotatable bonds is 8. The number of unbranched alkanes of at least 4 members (excludes halogenated alkanes) is 1. The van der Waals surface area contributed by atoms with E-state index in [0.717, 1.165) is 0 Å². The average Bonchev–Trinajstić information content (AvgIpc) is 2.33. The Labute approximate surface area is 120 Å². The van der Waals surface area contributed by atoms with Gasteiger partial charge in [0.25, 0.3) is 0 Å². The van der Waals surface area contributed by atoms with Crippen molar-refractivity contribution in [3.8, 4) is 0 Å². The summed E-state index contributed by atoms with van der Waals surface area (Å²) >= 11 is 0. The molecule has 0 saturated heterocycles. The second-order valence-corrected chi connectivity index (χ2v) is 5.61. The van der Waals surface area contributed by atoms with E-state index < -0.39 is 23.1 Å². The zero-order valence-electron chi connectivity index (χ0n) is 12.6. The topological polar surface area (TPSA) is 105 Å². The summed E-state index contributed by atoms with van der Waals surface area (Å²) < 4.78 is 10.1. The van der Waals surface area contributed by atoms with Gasteiger partial charge in [0.05, 0.1) is 0 Å². The van der Waals surface area contributed by atoms with E-state index in [2.05, 4.69) is 6.58 Å². The maximum atomic E-state index is 12.2. The Kier molecular flexibility index (Phi) is 7.45. The van der Waals surface area contributed by atoms with Crippen LogP contribution in [0, 0.1) is 0 Å². The van der Waals surface area contributed by atoms with Gasteiger partial charge in [0, 0.05) is 0 Å². The van der Waals surface area contributed by atoms with Crippen molar-refractivity contribution in [3.05, 3.63) is 12.7 Å². The van der Waals surface area contributed by atoms with Crippen LogP contribution in [0.5, 0.6) is 0 Å². The first-order valence-electron chi connectivity index (χ1n) is 6.68. The molecule has 116 valence electrons. The van der Waals surface area contributed by atoms with Gasteiger partial charge < -0.3 is 20.9 Å². The molecule has 0 spiro atoms. The van der Waals surface area contributed by atoms with Gasteiger partial charge in [-0.2, -0.15) is 0 Å². The molecule has 0 aliphatic heterocycles. The molecule has 0 aromatic rings. The van der Waals surface area contributed by atoms with E-state index in [1.54, 1.807) is 20.8 Å². The number of esters is 2. The Morgan fingerprint density at radius 3 is 2.25 bits per heavy atom. The van der Waals surface area contributed by atoms with Crippen LogP contribution < -0.4 is 11.5 Å². The Bertz CT molecular complexity index is 350. The van der Waals surface area contributed by atoms with Gasteiger partial charge in [0.2, 0.25) is 5.54 Å². The van der Waals surface area contributed by atoms with E-state index in [0.29, 0.717) is 19.4 Å². The lowest BCUT2D eigenvalue weighted by atomic mass is 9.93. The Balaban J connectivity index is 4.97. The lowest BCUT2D eigenvalue weighted by Gasteiger charge is -2.29. The number of nitrogens with two attached hydrogens (primary N) is 2. The van der Waals surface area contributed by atoms with Gasteiger partial charge in [0.1, 0.15) is 12.2 Å². The van der Waals surface area contributed by atoms with E-state index in [1.165, 1.54) is 6.08 Å². The Morgan fingerprint density at radius 1 is 1.20 bits per heavy atom. The molecule has 6 nitrogen and oxygen atoms in total. The third-order valence-corrected chi connectivity index (χ3v) is 2.48. The van der Waals surface area contributed by atoms with Gasteiger partial charge >= 0.3 is 11.9 Å². The average molecular weight is 286 g/mol. The van der Waals surface area contributed by atoms with Crippen LogP contribution in [0.2, 0.25) is 0 Å². The van der Waals surface area contributed by atoms with Crippen LogP contribution in [-0.4, -0.2) is 36.2 Å². The molecule has 0 aromatic heterocycles. The van der Waals surface area contributed by atoms with E-state index in [9.17, 15) is 9.59 Å². The number of hydrogen-bond donors (Lipinski definition) is 2. The summed E-state index contributed by atoms with van der Waals surface area (Å²) in [5.74, 6) is -1.58. The van der Waals surface area contributed by atoms with Crippen LogP contribution in [-0.2, 0) is 19.1 Å². The first-order chi connectivity index (χ1) is 9.17. The molecule has 20 heavy (non-hydrogen) atoms. The highest BCUT2D eigenvalue weighted by atomic mass is 16.6. The van der Waals surface area contributed by atoms with Crippen LogP contribution >= 0.6 is 0 Å². The van der Waals surface area contributed by atoms with E-state index in [4.69, 9.17) is 20.9 Å². The number of carbonyl (C=O) groups is 2. The number of ether oxygens (including phenoxy) is 2. The summed E-state index contributed by atoms with van der Waals surface area (Å²) in [4.78, 5) is 24.2. The molecule has 0 bridgehead atoms. The highest BCUT2D eigenvalue weighted by Gasteiger charge is 2.46. The summed E-state index contributed by atoms with van der Waals surface area (Å²) in [5.41, 5.74) is 8.83. The summed E-state index contributed by atoms with van der Waals surface area (Å²) in [6.45, 7) is 9.03. The quantitative estimate of drug-likeness (QED) is 0.297. The molecule has 0 saturated carbocycles. The van der Waals surface area contributed by atoms with Crippen molar-refractivity contribution in [1.82, 2.24) is 0 Å². The molecular formula is C14H26N2O4. The van der Waals surface area contributed by atoms with E-state index >= 15 is 0 Å². The zero-order valence-corrected chi connectivity index (χ0v) is 12.6. The van der Waals surface area contributed by atoms with Crippen molar-refractivity contribution < 1.29 is 19.1 Å². The van der Waals surface area contributed by atoms with Crippen LogP contribution in [0.3, 0.4) is 0 Å². The summed E-state index contributed by atoms with van der Waals surface area (Å²) in [5, 5.41) is 0. The van der Waals surface area contributed by atoms with Gasteiger partial charge in [-0.25, -0.2) is 9.59 Å². The third-order valence-electron chi connectivity index (χ3n) is 2.48. The normalized spacial score (nSPS) is 14.2. The lowest BCUT2D eigenvalue weighted by Crippen LogP contribution is -2.58. The smallest absolute Gasteiger partial charge is 0.338 e. The zero-order chi connectivity index (χ0) is 15.8.